The number of hydrogen-bond donors (Lipinski definition) is 2. The van der Waals surface area contributed by atoms with Crippen molar-refractivity contribution in [2.24, 2.45) is 0 Å². The van der Waals surface area contributed by atoms with Crippen LogP contribution in [0.2, 0.25) is 5.02 Å². The summed E-state index contributed by atoms with van der Waals surface area (Å²) in [4.78, 5) is 34.6. The number of carbonyl (C=O) groups is 1. The van der Waals surface area contributed by atoms with Gasteiger partial charge in [-0.05, 0) is 42.8 Å². The van der Waals surface area contributed by atoms with Crippen molar-refractivity contribution in [1.29, 1.82) is 0 Å². The first-order valence-corrected chi connectivity index (χ1v) is 11.4. The van der Waals surface area contributed by atoms with Gasteiger partial charge in [-0.3, -0.25) is 9.48 Å². The summed E-state index contributed by atoms with van der Waals surface area (Å²) < 4.78 is 3.24. The minimum absolute atomic E-state index is 0.162. The third-order valence-corrected chi connectivity index (χ3v) is 5.92. The highest BCUT2D eigenvalue weighted by atomic mass is 35.5. The maximum absolute atomic E-state index is 12.6. The van der Waals surface area contributed by atoms with E-state index in [1.54, 1.807) is 35.3 Å². The molecule has 0 aliphatic heterocycles. The number of nitrogens with zero attached hydrogens (tertiary/aromatic N) is 4. The Morgan fingerprint density at radius 3 is 2.69 bits per heavy atom. The van der Waals surface area contributed by atoms with Crippen LogP contribution in [0.15, 0.2) is 70.6 Å². The number of anilines is 2. The lowest BCUT2D eigenvalue weighted by atomic mass is 10.3. The molecule has 8 nitrogen and oxygen atoms in total. The van der Waals surface area contributed by atoms with Crippen molar-refractivity contribution in [3.05, 3.63) is 82.0 Å². The fourth-order valence-corrected chi connectivity index (χ4v) is 4.16. The summed E-state index contributed by atoms with van der Waals surface area (Å²) >= 11 is 7.36. The Balaban J connectivity index is 1.46. The van der Waals surface area contributed by atoms with Crippen molar-refractivity contribution in [3.63, 3.8) is 0 Å². The number of thioether (sulfide) groups is 1. The maximum atomic E-state index is 12.6. The monoisotopic (exact) mass is 468 g/mol. The summed E-state index contributed by atoms with van der Waals surface area (Å²) in [6, 6.07) is 15.5. The van der Waals surface area contributed by atoms with Crippen molar-refractivity contribution >= 4 is 46.5 Å². The normalized spacial score (nSPS) is 10.9. The fourth-order valence-electron chi connectivity index (χ4n) is 3.13. The molecular weight excluding hydrogens is 448 g/mol. The van der Waals surface area contributed by atoms with E-state index >= 15 is 0 Å². The minimum atomic E-state index is -0.361. The molecule has 10 heteroatoms. The molecule has 0 saturated heterocycles. The van der Waals surface area contributed by atoms with Gasteiger partial charge < -0.3 is 10.6 Å². The highest BCUT2D eigenvalue weighted by Crippen LogP contribution is 2.29. The van der Waals surface area contributed by atoms with Gasteiger partial charge in [0.05, 0.1) is 11.4 Å². The number of benzene rings is 2. The molecule has 0 spiro atoms. The lowest BCUT2D eigenvalue weighted by Gasteiger charge is -2.12. The number of hydrogen-bond acceptors (Lipinski definition) is 5. The maximum Gasteiger partial charge on any atom is 0.323 e. The highest BCUT2D eigenvalue weighted by molar-refractivity contribution is 7.98. The number of carbonyl (C=O) groups excluding carboxylic acids is 1. The summed E-state index contributed by atoms with van der Waals surface area (Å²) in [5.74, 6) is 0.847. The molecule has 0 saturated carbocycles. The predicted octanol–water partition coefficient (Wildman–Crippen LogP) is 4.89. The number of fused-ring (bicyclic) bond motifs is 1. The third-order valence-electron chi connectivity index (χ3n) is 4.56. The second kappa shape index (κ2) is 9.88. The van der Waals surface area contributed by atoms with E-state index in [1.165, 1.54) is 22.3 Å². The summed E-state index contributed by atoms with van der Waals surface area (Å²) in [5.41, 5.74) is 1.76. The van der Waals surface area contributed by atoms with Gasteiger partial charge in [-0.2, -0.15) is 9.50 Å². The molecule has 0 bridgehead atoms. The number of nitrogens with one attached hydrogen (secondary N) is 2. The average Bonchev–Trinajstić information content (AvgIpc) is 3.18. The molecule has 2 aromatic carbocycles. The van der Waals surface area contributed by atoms with Crippen LogP contribution in [0.5, 0.6) is 0 Å². The molecule has 32 heavy (non-hydrogen) atoms. The van der Waals surface area contributed by atoms with Crippen LogP contribution >= 0.6 is 23.4 Å². The number of para-hydroxylation sites is 1. The second-order valence-electron chi connectivity index (χ2n) is 6.98. The standard InChI is InChI=1S/C22H21ClN6O2S/c1-2-11-28-14-24-21-25-17(12-20(30)29(21)28)13-32-19-6-4-3-5-18(19)27-22(31)26-16-9-7-15(23)8-10-16/h3-10,12,14H,2,11,13H2,1H3,(H2,26,27,31). The van der Waals surface area contributed by atoms with E-state index in [1.807, 2.05) is 31.2 Å². The quantitative estimate of drug-likeness (QED) is 0.376. The van der Waals surface area contributed by atoms with E-state index in [2.05, 4.69) is 20.6 Å². The topological polar surface area (TPSA) is 93.3 Å². The number of halogens is 1. The largest absolute Gasteiger partial charge is 0.323 e. The van der Waals surface area contributed by atoms with Gasteiger partial charge in [-0.25, -0.2) is 9.78 Å². The number of aromatic nitrogens is 4. The van der Waals surface area contributed by atoms with Crippen LogP contribution in [0.4, 0.5) is 16.2 Å². The Bertz CT molecular complexity index is 1300. The van der Waals surface area contributed by atoms with Crippen molar-refractivity contribution < 1.29 is 4.79 Å². The van der Waals surface area contributed by atoms with Gasteiger partial charge in [0.2, 0.25) is 0 Å². The number of aryl methyl sites for hydroxylation is 1. The summed E-state index contributed by atoms with van der Waals surface area (Å²) in [6.07, 6.45) is 2.52. The molecule has 2 amide bonds. The van der Waals surface area contributed by atoms with Gasteiger partial charge in [0.1, 0.15) is 6.33 Å². The molecule has 0 aliphatic rings. The molecular formula is C22H21ClN6O2S. The first kappa shape index (κ1) is 21.9. The van der Waals surface area contributed by atoms with E-state index in [0.29, 0.717) is 40.2 Å². The molecule has 0 atom stereocenters. The van der Waals surface area contributed by atoms with E-state index in [0.717, 1.165) is 11.3 Å². The van der Waals surface area contributed by atoms with E-state index in [-0.39, 0.29) is 11.6 Å². The first-order chi connectivity index (χ1) is 15.5. The van der Waals surface area contributed by atoms with Gasteiger partial charge in [0, 0.05) is 34.0 Å². The van der Waals surface area contributed by atoms with E-state index in [4.69, 9.17) is 11.6 Å². The second-order valence-corrected chi connectivity index (χ2v) is 8.43. The molecule has 0 radical (unpaired) electrons. The van der Waals surface area contributed by atoms with Gasteiger partial charge in [-0.15, -0.1) is 11.8 Å². The van der Waals surface area contributed by atoms with Crippen LogP contribution in [0.25, 0.3) is 5.78 Å². The number of rotatable bonds is 7. The summed E-state index contributed by atoms with van der Waals surface area (Å²) in [6.45, 7) is 2.74. The van der Waals surface area contributed by atoms with E-state index in [9.17, 15) is 9.59 Å². The molecule has 4 rings (SSSR count). The van der Waals surface area contributed by atoms with Crippen molar-refractivity contribution in [1.82, 2.24) is 19.2 Å². The van der Waals surface area contributed by atoms with Crippen molar-refractivity contribution in [3.8, 4) is 0 Å². The number of amides is 2. The highest BCUT2D eigenvalue weighted by Gasteiger charge is 2.11. The van der Waals surface area contributed by atoms with Gasteiger partial charge in [0.25, 0.3) is 11.3 Å². The Hall–Kier alpha value is -3.30. The molecule has 164 valence electrons. The molecule has 0 aliphatic carbocycles. The van der Waals surface area contributed by atoms with Crippen molar-refractivity contribution in [2.45, 2.75) is 30.5 Å². The van der Waals surface area contributed by atoms with Gasteiger partial charge in [0.15, 0.2) is 0 Å². The van der Waals surface area contributed by atoms with Gasteiger partial charge >= 0.3 is 6.03 Å². The molecule has 2 heterocycles. The van der Waals surface area contributed by atoms with E-state index < -0.39 is 0 Å². The Kier molecular flexibility index (Phi) is 6.77. The fraction of sp³-hybridized carbons (Fsp3) is 0.182. The number of urea groups is 1. The van der Waals surface area contributed by atoms with Crippen LogP contribution < -0.4 is 16.2 Å². The SMILES string of the molecule is CCCn1cnc2nc(CSc3ccccc3NC(=O)Nc3ccc(Cl)cc3)cc(=O)n21. The van der Waals surface area contributed by atoms with Crippen LogP contribution in [-0.4, -0.2) is 25.2 Å². The van der Waals surface area contributed by atoms with Crippen molar-refractivity contribution in [2.75, 3.05) is 10.6 Å². The molecule has 2 aromatic heterocycles. The smallest absolute Gasteiger partial charge is 0.308 e. The van der Waals surface area contributed by atoms with Crippen LogP contribution in [-0.2, 0) is 12.3 Å². The zero-order valence-electron chi connectivity index (χ0n) is 17.3. The Morgan fingerprint density at radius 1 is 1.12 bits per heavy atom. The molecule has 2 N–H and O–H groups in total. The molecule has 0 fully saturated rings. The zero-order valence-corrected chi connectivity index (χ0v) is 18.9. The molecule has 0 unspecified atom stereocenters. The van der Waals surface area contributed by atoms with Crippen LogP contribution in [0, 0.1) is 0 Å². The summed E-state index contributed by atoms with van der Waals surface area (Å²) in [5, 5.41) is 6.23. The molecule has 4 aromatic rings. The Morgan fingerprint density at radius 2 is 1.91 bits per heavy atom. The van der Waals surface area contributed by atoms with Crippen LogP contribution in [0.3, 0.4) is 0 Å². The predicted molar refractivity (Wildman–Crippen MR) is 128 cm³/mol. The Labute approximate surface area is 193 Å². The lowest BCUT2D eigenvalue weighted by molar-refractivity contribution is 0.262. The summed E-state index contributed by atoms with van der Waals surface area (Å²) in [7, 11) is 0. The lowest BCUT2D eigenvalue weighted by Crippen LogP contribution is -2.21. The minimum Gasteiger partial charge on any atom is -0.308 e. The van der Waals surface area contributed by atoms with Crippen LogP contribution in [0.1, 0.15) is 19.0 Å². The van der Waals surface area contributed by atoms with Gasteiger partial charge in [-0.1, -0.05) is 30.7 Å². The third kappa shape index (κ3) is 5.12. The first-order valence-electron chi connectivity index (χ1n) is 10.0. The average molecular weight is 469 g/mol. The zero-order chi connectivity index (χ0) is 22.5.